The van der Waals surface area contributed by atoms with Gasteiger partial charge in [-0.15, -0.1) is 0 Å². The molecule has 0 spiro atoms. The van der Waals surface area contributed by atoms with Gasteiger partial charge < -0.3 is 26.6 Å². The number of hydrogen-bond donors (Lipinski definition) is 4. The first-order valence-corrected chi connectivity index (χ1v) is 15.0. The first kappa shape index (κ1) is 25.3. The summed E-state index contributed by atoms with van der Waals surface area (Å²) < 4.78 is 0. The van der Waals surface area contributed by atoms with Gasteiger partial charge in [0, 0.05) is 37.5 Å². The Balaban J connectivity index is 1.12. The van der Waals surface area contributed by atoms with Crippen molar-refractivity contribution in [3.8, 4) is 0 Å². The fourth-order valence-electron chi connectivity index (χ4n) is 9.11. The number of amides is 3. The third-order valence-electron chi connectivity index (χ3n) is 10.5. The second-order valence-corrected chi connectivity index (χ2v) is 13.6. The first-order valence-electron chi connectivity index (χ1n) is 15.0. The molecule has 1 aromatic carbocycles. The van der Waals surface area contributed by atoms with Gasteiger partial charge in [0.2, 0.25) is 5.91 Å². The van der Waals surface area contributed by atoms with E-state index in [0.717, 1.165) is 65.0 Å². The van der Waals surface area contributed by atoms with Crippen molar-refractivity contribution in [3.05, 3.63) is 35.5 Å². The predicted molar refractivity (Wildman–Crippen MR) is 152 cm³/mol. The van der Waals surface area contributed by atoms with Crippen LogP contribution in [-0.2, 0) is 10.3 Å². The lowest BCUT2D eigenvalue weighted by molar-refractivity contribution is -0.124. The van der Waals surface area contributed by atoms with Crippen molar-refractivity contribution in [2.45, 2.75) is 76.3 Å². The molecule has 8 rings (SSSR count). The molecule has 4 aliphatic carbocycles. The smallest absolute Gasteiger partial charge is 0.318 e. The van der Waals surface area contributed by atoms with Gasteiger partial charge in [0.1, 0.15) is 0 Å². The second kappa shape index (κ2) is 9.44. The Morgan fingerprint density at radius 1 is 1.10 bits per heavy atom. The van der Waals surface area contributed by atoms with E-state index in [0.29, 0.717) is 26.1 Å². The fourth-order valence-corrected chi connectivity index (χ4v) is 9.11. The highest BCUT2D eigenvalue weighted by molar-refractivity contribution is 6.02. The van der Waals surface area contributed by atoms with Crippen molar-refractivity contribution in [1.82, 2.24) is 20.5 Å². The van der Waals surface area contributed by atoms with Crippen LogP contribution in [0.5, 0.6) is 0 Å². The minimum atomic E-state index is -0.565. The average molecular weight is 531 g/mol. The summed E-state index contributed by atoms with van der Waals surface area (Å²) in [4.78, 5) is 33.5. The van der Waals surface area contributed by atoms with Crippen LogP contribution in [0.1, 0.15) is 69.0 Å². The standard InChI is InChI=1S/C31H42N6O2/c1-19-2-4-25-24(28(19)35-27(38)16-30-13-20-10-21(14-30)12-22(11-20)15-30)3-5-26(34-25)31(7-8-33-18-31)36-29(39)37-9-6-23(32)17-37/h2-5,20-23,33H,6-18,32H2,1H3,(H,35,38)(H,36,39)/t20?,21?,22?,23-,30?,31-/m0/s1. The molecule has 0 radical (unpaired) electrons. The molecule has 2 aliphatic heterocycles. The molecule has 2 saturated heterocycles. The summed E-state index contributed by atoms with van der Waals surface area (Å²) in [5, 5.41) is 11.0. The minimum Gasteiger partial charge on any atom is -0.326 e. The first-order chi connectivity index (χ1) is 18.8. The Kier molecular flexibility index (Phi) is 6.12. The Hall–Kier alpha value is -2.71. The molecule has 2 aromatic rings. The van der Waals surface area contributed by atoms with Crippen molar-refractivity contribution in [2.24, 2.45) is 28.9 Å². The van der Waals surface area contributed by atoms with Gasteiger partial charge in [-0.2, -0.15) is 0 Å². The molecule has 5 N–H and O–H groups in total. The highest BCUT2D eigenvalue weighted by atomic mass is 16.2. The number of carbonyl (C=O) groups excluding carboxylic acids is 2. The number of aromatic nitrogens is 1. The van der Waals surface area contributed by atoms with Crippen molar-refractivity contribution in [1.29, 1.82) is 0 Å². The largest absolute Gasteiger partial charge is 0.326 e. The number of benzene rings is 1. The normalized spacial score (nSPS) is 35.1. The summed E-state index contributed by atoms with van der Waals surface area (Å²) in [6, 6.07) is 8.15. The number of anilines is 1. The number of aryl methyl sites for hydroxylation is 1. The van der Waals surface area contributed by atoms with E-state index in [1.807, 2.05) is 23.1 Å². The van der Waals surface area contributed by atoms with Gasteiger partial charge in [-0.3, -0.25) is 9.78 Å². The zero-order valence-corrected chi connectivity index (χ0v) is 23.1. The van der Waals surface area contributed by atoms with Crippen LogP contribution >= 0.6 is 0 Å². The molecule has 39 heavy (non-hydrogen) atoms. The topological polar surface area (TPSA) is 112 Å². The van der Waals surface area contributed by atoms with E-state index >= 15 is 0 Å². The number of rotatable bonds is 5. The molecule has 4 saturated carbocycles. The Bertz CT molecular complexity index is 1270. The third kappa shape index (κ3) is 4.59. The summed E-state index contributed by atoms with van der Waals surface area (Å²) in [6.45, 7) is 4.78. The SMILES string of the molecule is Cc1ccc2nc([C@]3(NC(=O)N4CC[C@H](N)C4)CCNC3)ccc2c1NC(=O)CC12CC3CC(CC(C3)C1)C2. The molecular weight excluding hydrogens is 488 g/mol. The molecule has 3 heterocycles. The van der Waals surface area contributed by atoms with Gasteiger partial charge in [-0.1, -0.05) is 6.07 Å². The van der Waals surface area contributed by atoms with Gasteiger partial charge in [0.05, 0.1) is 22.4 Å². The van der Waals surface area contributed by atoms with Gasteiger partial charge >= 0.3 is 6.03 Å². The van der Waals surface area contributed by atoms with E-state index in [1.54, 1.807) is 0 Å². The van der Waals surface area contributed by atoms with Gasteiger partial charge in [-0.25, -0.2) is 4.79 Å². The number of carbonyl (C=O) groups is 2. The predicted octanol–water partition coefficient (Wildman–Crippen LogP) is 4.02. The van der Waals surface area contributed by atoms with Gasteiger partial charge in [0.25, 0.3) is 0 Å². The Morgan fingerprint density at radius 3 is 2.49 bits per heavy atom. The van der Waals surface area contributed by atoms with Crippen molar-refractivity contribution in [3.63, 3.8) is 0 Å². The zero-order valence-electron chi connectivity index (χ0n) is 23.1. The number of nitrogens with zero attached hydrogens (tertiary/aromatic N) is 2. The van der Waals surface area contributed by atoms with Crippen molar-refractivity contribution < 1.29 is 9.59 Å². The maximum atomic E-state index is 13.5. The molecule has 2 atom stereocenters. The maximum absolute atomic E-state index is 13.5. The third-order valence-corrected chi connectivity index (χ3v) is 10.5. The van der Waals surface area contributed by atoms with E-state index < -0.39 is 5.54 Å². The van der Waals surface area contributed by atoms with Gasteiger partial charge in [0.15, 0.2) is 0 Å². The summed E-state index contributed by atoms with van der Waals surface area (Å²) in [7, 11) is 0. The molecule has 6 fully saturated rings. The highest BCUT2D eigenvalue weighted by Gasteiger charge is 2.51. The number of nitrogens with one attached hydrogen (secondary N) is 3. The number of urea groups is 1. The quantitative estimate of drug-likeness (QED) is 0.467. The van der Waals surface area contributed by atoms with Crippen LogP contribution in [0.4, 0.5) is 10.5 Å². The average Bonchev–Trinajstić information content (AvgIpc) is 3.54. The van der Waals surface area contributed by atoms with E-state index in [9.17, 15) is 9.59 Å². The lowest BCUT2D eigenvalue weighted by atomic mass is 9.49. The monoisotopic (exact) mass is 530 g/mol. The summed E-state index contributed by atoms with van der Waals surface area (Å²) in [6.07, 6.45) is 10.1. The Labute approximate surface area is 230 Å². The Morgan fingerprint density at radius 2 is 1.85 bits per heavy atom. The number of fused-ring (bicyclic) bond motifs is 1. The highest BCUT2D eigenvalue weighted by Crippen LogP contribution is 2.61. The molecule has 4 bridgehead atoms. The number of hydrogen-bond acceptors (Lipinski definition) is 5. The maximum Gasteiger partial charge on any atom is 0.318 e. The molecule has 3 amide bonds. The number of nitrogens with two attached hydrogens (primary N) is 1. The van der Waals surface area contributed by atoms with Crippen LogP contribution in [0.15, 0.2) is 24.3 Å². The van der Waals surface area contributed by atoms with Crippen LogP contribution in [0.25, 0.3) is 10.9 Å². The van der Waals surface area contributed by atoms with E-state index in [-0.39, 0.29) is 23.4 Å². The fraction of sp³-hybridized carbons (Fsp3) is 0.645. The van der Waals surface area contributed by atoms with E-state index in [1.165, 1.54) is 38.5 Å². The van der Waals surface area contributed by atoms with Crippen LogP contribution < -0.4 is 21.7 Å². The summed E-state index contributed by atoms with van der Waals surface area (Å²) in [5.41, 5.74) is 9.30. The molecule has 1 aromatic heterocycles. The molecular formula is C31H42N6O2. The van der Waals surface area contributed by atoms with Crippen LogP contribution in [0.3, 0.4) is 0 Å². The zero-order chi connectivity index (χ0) is 26.8. The molecule has 8 heteroatoms. The summed E-state index contributed by atoms with van der Waals surface area (Å²) in [5.74, 6) is 2.66. The molecule has 0 unspecified atom stereocenters. The van der Waals surface area contributed by atoms with Crippen LogP contribution in [0.2, 0.25) is 0 Å². The lowest BCUT2D eigenvalue weighted by Gasteiger charge is -2.56. The molecule has 6 aliphatic rings. The van der Waals surface area contributed by atoms with Crippen molar-refractivity contribution >= 4 is 28.5 Å². The number of likely N-dealkylation sites (tertiary alicyclic amines) is 1. The van der Waals surface area contributed by atoms with E-state index in [2.05, 4.69) is 28.9 Å². The van der Waals surface area contributed by atoms with Gasteiger partial charge in [-0.05, 0) is 112 Å². The molecule has 8 nitrogen and oxygen atoms in total. The lowest BCUT2D eigenvalue weighted by Crippen LogP contribution is -2.52. The number of pyridine rings is 1. The van der Waals surface area contributed by atoms with Crippen molar-refractivity contribution in [2.75, 3.05) is 31.5 Å². The molecule has 208 valence electrons. The van der Waals surface area contributed by atoms with E-state index in [4.69, 9.17) is 10.7 Å². The summed E-state index contributed by atoms with van der Waals surface area (Å²) >= 11 is 0. The van der Waals surface area contributed by atoms with Crippen LogP contribution in [0, 0.1) is 30.1 Å². The van der Waals surface area contributed by atoms with Crippen LogP contribution in [-0.4, -0.2) is 54.0 Å². The second-order valence-electron chi connectivity index (χ2n) is 13.6. The minimum absolute atomic E-state index is 0.0482.